The smallest absolute Gasteiger partial charge is 0.313 e. The van der Waals surface area contributed by atoms with Crippen molar-refractivity contribution in [3.8, 4) is 0 Å². The molecule has 0 unspecified atom stereocenters. The Labute approximate surface area is 191 Å². The lowest BCUT2D eigenvalue weighted by molar-refractivity contribution is -0.136. The average Bonchev–Trinajstić information content (AvgIpc) is 2.83. The van der Waals surface area contributed by atoms with Gasteiger partial charge in [0.05, 0.1) is 11.3 Å². The Morgan fingerprint density at radius 3 is 2.19 bits per heavy atom. The highest BCUT2D eigenvalue weighted by Crippen LogP contribution is 2.16. The number of amides is 3. The van der Waals surface area contributed by atoms with E-state index in [1.165, 1.54) is 5.56 Å². The monoisotopic (exact) mass is 437 g/mol. The van der Waals surface area contributed by atoms with Crippen molar-refractivity contribution in [2.45, 2.75) is 59.4 Å². The number of rotatable bonds is 11. The van der Waals surface area contributed by atoms with Crippen molar-refractivity contribution in [2.75, 3.05) is 11.9 Å². The number of benzene rings is 2. The second-order valence-electron chi connectivity index (χ2n) is 7.98. The third kappa shape index (κ3) is 7.84. The molecule has 6 nitrogen and oxygen atoms in total. The summed E-state index contributed by atoms with van der Waals surface area (Å²) in [5.74, 6) is -1.42. The topological polar surface area (TPSA) is 87.3 Å². The molecule has 2 rings (SSSR count). The number of unbranched alkanes of at least 4 members (excludes halogenated alkanes) is 1. The maximum absolute atomic E-state index is 12.7. The van der Waals surface area contributed by atoms with Gasteiger partial charge in [-0.05, 0) is 42.0 Å². The molecule has 2 aromatic rings. The molecule has 0 aliphatic carbocycles. The van der Waals surface area contributed by atoms with Crippen LogP contribution < -0.4 is 16.0 Å². The molecule has 0 aromatic heterocycles. The number of hydrogen-bond donors (Lipinski definition) is 3. The Morgan fingerprint density at radius 1 is 0.844 bits per heavy atom. The van der Waals surface area contributed by atoms with Gasteiger partial charge in [0.15, 0.2) is 0 Å². The van der Waals surface area contributed by atoms with E-state index < -0.39 is 11.8 Å². The molecule has 172 valence electrons. The van der Waals surface area contributed by atoms with Crippen LogP contribution in [0.4, 0.5) is 5.69 Å². The predicted octanol–water partition coefficient (Wildman–Crippen LogP) is 4.45. The molecule has 2 aromatic carbocycles. The summed E-state index contributed by atoms with van der Waals surface area (Å²) >= 11 is 0. The summed E-state index contributed by atoms with van der Waals surface area (Å²) in [6, 6.07) is 14.7. The first kappa shape index (κ1) is 25.1. The molecule has 0 aliphatic rings. The zero-order valence-electron chi connectivity index (χ0n) is 19.4. The molecular formula is C26H35N3O3. The molecule has 6 heteroatoms. The van der Waals surface area contributed by atoms with Gasteiger partial charge in [0.2, 0.25) is 0 Å². The van der Waals surface area contributed by atoms with Crippen molar-refractivity contribution in [3.05, 3.63) is 65.2 Å². The summed E-state index contributed by atoms with van der Waals surface area (Å²) in [6.45, 7) is 7.16. The highest BCUT2D eigenvalue weighted by Gasteiger charge is 2.18. The second-order valence-corrected chi connectivity index (χ2v) is 7.98. The molecule has 0 aliphatic heterocycles. The minimum atomic E-state index is -0.772. The van der Waals surface area contributed by atoms with E-state index in [4.69, 9.17) is 0 Å². The van der Waals surface area contributed by atoms with Crippen LogP contribution in [0.25, 0.3) is 0 Å². The Hall–Kier alpha value is -3.15. The van der Waals surface area contributed by atoms with Gasteiger partial charge in [-0.2, -0.15) is 0 Å². The number of para-hydroxylation sites is 1. The highest BCUT2D eigenvalue weighted by molar-refractivity contribution is 6.40. The molecule has 0 saturated heterocycles. The van der Waals surface area contributed by atoms with Gasteiger partial charge in [-0.25, -0.2) is 0 Å². The maximum atomic E-state index is 12.7. The van der Waals surface area contributed by atoms with Crippen LogP contribution in [-0.2, 0) is 22.6 Å². The third-order valence-electron chi connectivity index (χ3n) is 5.60. The fourth-order valence-corrected chi connectivity index (χ4v) is 3.40. The summed E-state index contributed by atoms with van der Waals surface area (Å²) < 4.78 is 0. The molecule has 0 fully saturated rings. The van der Waals surface area contributed by atoms with Crippen molar-refractivity contribution < 1.29 is 14.4 Å². The van der Waals surface area contributed by atoms with Crippen molar-refractivity contribution in [1.82, 2.24) is 10.6 Å². The molecule has 3 N–H and O–H groups in total. The van der Waals surface area contributed by atoms with Gasteiger partial charge in [-0.15, -0.1) is 0 Å². The Balaban J connectivity index is 1.94. The van der Waals surface area contributed by atoms with Crippen LogP contribution in [0.2, 0.25) is 0 Å². The fourth-order valence-electron chi connectivity index (χ4n) is 3.40. The lowest BCUT2D eigenvalue weighted by Crippen LogP contribution is -2.38. The Kier molecular flexibility index (Phi) is 10.4. The zero-order chi connectivity index (χ0) is 23.3. The minimum Gasteiger partial charge on any atom is -0.348 e. The standard InChI is InChI=1S/C26H35N3O3/c1-4-7-10-20(6-3)17-28-25(31)26(32)29-23-12-9-8-11-22(23)24(30)27-18-21-15-13-19(5-2)14-16-21/h8-9,11-16,20H,4-7,10,17-18H2,1-3H3,(H,27,30)(H,28,31)(H,29,32)/t20-/m0/s1. The molecule has 0 spiro atoms. The molecule has 0 heterocycles. The zero-order valence-corrected chi connectivity index (χ0v) is 19.4. The maximum Gasteiger partial charge on any atom is 0.313 e. The number of carbonyl (C=O) groups excluding carboxylic acids is 3. The van der Waals surface area contributed by atoms with E-state index in [0.717, 1.165) is 37.7 Å². The number of aryl methyl sites for hydroxylation is 1. The first-order valence-electron chi connectivity index (χ1n) is 11.5. The Morgan fingerprint density at radius 2 is 1.53 bits per heavy atom. The van der Waals surface area contributed by atoms with Crippen LogP contribution in [0.3, 0.4) is 0 Å². The van der Waals surface area contributed by atoms with Crippen molar-refractivity contribution in [1.29, 1.82) is 0 Å². The van der Waals surface area contributed by atoms with Gasteiger partial charge in [0.1, 0.15) is 0 Å². The van der Waals surface area contributed by atoms with E-state index in [1.807, 2.05) is 24.3 Å². The Bertz CT molecular complexity index is 893. The largest absolute Gasteiger partial charge is 0.348 e. The third-order valence-corrected chi connectivity index (χ3v) is 5.60. The van der Waals surface area contributed by atoms with Gasteiger partial charge in [0.25, 0.3) is 5.91 Å². The quantitative estimate of drug-likeness (QED) is 0.454. The molecular weight excluding hydrogens is 402 g/mol. The first-order chi connectivity index (χ1) is 15.5. The van der Waals surface area contributed by atoms with E-state index in [9.17, 15) is 14.4 Å². The summed E-state index contributed by atoms with van der Waals surface area (Å²) in [7, 11) is 0. The fraction of sp³-hybridized carbons (Fsp3) is 0.423. The van der Waals surface area contributed by atoms with Gasteiger partial charge in [-0.3, -0.25) is 14.4 Å². The highest BCUT2D eigenvalue weighted by atomic mass is 16.2. The van der Waals surface area contributed by atoms with Crippen molar-refractivity contribution in [2.24, 2.45) is 5.92 Å². The number of carbonyl (C=O) groups is 3. The summed E-state index contributed by atoms with van der Waals surface area (Å²) in [5, 5.41) is 8.17. The predicted molar refractivity (Wildman–Crippen MR) is 128 cm³/mol. The van der Waals surface area contributed by atoms with Gasteiger partial charge in [-0.1, -0.05) is 76.4 Å². The van der Waals surface area contributed by atoms with E-state index in [0.29, 0.717) is 30.3 Å². The molecule has 0 saturated carbocycles. The van der Waals surface area contributed by atoms with Crippen molar-refractivity contribution in [3.63, 3.8) is 0 Å². The minimum absolute atomic E-state index is 0.310. The number of hydrogen-bond acceptors (Lipinski definition) is 3. The molecule has 0 bridgehead atoms. The van der Waals surface area contributed by atoms with Crippen LogP contribution >= 0.6 is 0 Å². The van der Waals surface area contributed by atoms with Crippen LogP contribution in [0.15, 0.2) is 48.5 Å². The SMILES string of the molecule is CCCC[C@H](CC)CNC(=O)C(=O)Nc1ccccc1C(=O)NCc1ccc(CC)cc1. The lowest BCUT2D eigenvalue weighted by atomic mass is 9.99. The van der Waals surface area contributed by atoms with Gasteiger partial charge in [0, 0.05) is 13.1 Å². The van der Waals surface area contributed by atoms with E-state index in [2.05, 4.69) is 36.7 Å². The van der Waals surface area contributed by atoms with E-state index >= 15 is 0 Å². The second kappa shape index (κ2) is 13.3. The van der Waals surface area contributed by atoms with Crippen molar-refractivity contribution >= 4 is 23.4 Å². The van der Waals surface area contributed by atoms with Crippen LogP contribution in [-0.4, -0.2) is 24.3 Å². The van der Waals surface area contributed by atoms with Crippen LogP contribution in [0.5, 0.6) is 0 Å². The number of anilines is 1. The first-order valence-corrected chi connectivity index (χ1v) is 11.5. The van der Waals surface area contributed by atoms with Gasteiger partial charge < -0.3 is 16.0 Å². The molecule has 1 atom stereocenters. The average molecular weight is 438 g/mol. The molecule has 32 heavy (non-hydrogen) atoms. The van der Waals surface area contributed by atoms with E-state index in [-0.39, 0.29) is 5.91 Å². The summed E-state index contributed by atoms with van der Waals surface area (Å²) in [4.78, 5) is 37.4. The molecule has 0 radical (unpaired) electrons. The van der Waals surface area contributed by atoms with E-state index in [1.54, 1.807) is 24.3 Å². The van der Waals surface area contributed by atoms with Gasteiger partial charge >= 0.3 is 11.8 Å². The van der Waals surface area contributed by atoms with Crippen LogP contribution in [0.1, 0.15) is 67.9 Å². The summed E-state index contributed by atoms with van der Waals surface area (Å²) in [6.07, 6.45) is 5.15. The van der Waals surface area contributed by atoms with Crippen LogP contribution in [0, 0.1) is 5.92 Å². The number of nitrogens with one attached hydrogen (secondary N) is 3. The molecule has 3 amide bonds. The normalized spacial score (nSPS) is 11.5. The summed E-state index contributed by atoms with van der Waals surface area (Å²) in [5.41, 5.74) is 2.85. The lowest BCUT2D eigenvalue weighted by Gasteiger charge is -2.15.